The van der Waals surface area contributed by atoms with Gasteiger partial charge in [0.1, 0.15) is 0 Å². The van der Waals surface area contributed by atoms with Crippen molar-refractivity contribution in [1.82, 2.24) is 5.32 Å². The molecule has 1 saturated carbocycles. The average Bonchev–Trinajstić information content (AvgIpc) is 3.24. The van der Waals surface area contributed by atoms with Crippen LogP contribution in [0.15, 0.2) is 24.3 Å². The van der Waals surface area contributed by atoms with Gasteiger partial charge in [-0.3, -0.25) is 0 Å². The zero-order chi connectivity index (χ0) is 12.2. The van der Waals surface area contributed by atoms with Gasteiger partial charge in [0.2, 0.25) is 0 Å². The predicted molar refractivity (Wildman–Crippen MR) is 77.0 cm³/mol. The quantitative estimate of drug-likeness (QED) is 0.874. The summed E-state index contributed by atoms with van der Waals surface area (Å²) >= 11 is 0. The lowest BCUT2D eigenvalue weighted by Gasteiger charge is -2.22. The van der Waals surface area contributed by atoms with Crippen molar-refractivity contribution in [1.29, 1.82) is 0 Å². The molecule has 2 nitrogen and oxygen atoms in total. The molecule has 0 bridgehead atoms. The van der Waals surface area contributed by atoms with Crippen LogP contribution >= 0.6 is 0 Å². The minimum absolute atomic E-state index is 0.801. The van der Waals surface area contributed by atoms with Crippen LogP contribution in [0.3, 0.4) is 0 Å². The first kappa shape index (κ1) is 12.0. The number of rotatable bonds is 4. The summed E-state index contributed by atoms with van der Waals surface area (Å²) in [5, 5.41) is 3.57. The molecule has 1 heterocycles. The van der Waals surface area contributed by atoms with E-state index in [-0.39, 0.29) is 0 Å². The maximum atomic E-state index is 3.57. The molecule has 3 rings (SSSR count). The summed E-state index contributed by atoms with van der Waals surface area (Å²) in [5.41, 5.74) is 2.83. The molecule has 2 heteroatoms. The lowest BCUT2D eigenvalue weighted by molar-refractivity contribution is 0.687. The summed E-state index contributed by atoms with van der Waals surface area (Å²) in [6.07, 6.45) is 8.24. The second-order valence-corrected chi connectivity index (χ2v) is 5.72. The molecule has 0 amide bonds. The van der Waals surface area contributed by atoms with Crippen LogP contribution in [0.2, 0.25) is 0 Å². The highest BCUT2D eigenvalue weighted by Gasteiger charge is 2.19. The summed E-state index contributed by atoms with van der Waals surface area (Å²) in [6.45, 7) is 3.50. The minimum atomic E-state index is 0.801. The Labute approximate surface area is 110 Å². The van der Waals surface area contributed by atoms with Gasteiger partial charge >= 0.3 is 0 Å². The molecule has 0 aromatic heterocycles. The lowest BCUT2D eigenvalue weighted by atomic mass is 10.2. The molecule has 0 spiro atoms. The molecule has 18 heavy (non-hydrogen) atoms. The monoisotopic (exact) mass is 244 g/mol. The van der Waals surface area contributed by atoms with Gasteiger partial charge in [-0.25, -0.2) is 0 Å². The van der Waals surface area contributed by atoms with Gasteiger partial charge in [0, 0.05) is 31.4 Å². The molecule has 1 N–H and O–H groups in total. The Morgan fingerprint density at radius 2 is 1.61 bits per heavy atom. The summed E-state index contributed by atoms with van der Waals surface area (Å²) < 4.78 is 0. The first-order valence-electron chi connectivity index (χ1n) is 7.49. The van der Waals surface area contributed by atoms with Gasteiger partial charge < -0.3 is 10.2 Å². The van der Waals surface area contributed by atoms with Crippen LogP contribution in [0.1, 0.15) is 44.1 Å². The third kappa shape index (κ3) is 3.26. The SMILES string of the molecule is c1cc(N2CCCCCC2)ccc1CNC1CC1. The molecule has 0 radical (unpaired) electrons. The van der Waals surface area contributed by atoms with Gasteiger partial charge in [-0.15, -0.1) is 0 Å². The van der Waals surface area contributed by atoms with Crippen molar-refractivity contribution < 1.29 is 0 Å². The topological polar surface area (TPSA) is 15.3 Å². The van der Waals surface area contributed by atoms with Crippen molar-refractivity contribution in [2.75, 3.05) is 18.0 Å². The van der Waals surface area contributed by atoms with Crippen LogP contribution in [0, 0.1) is 0 Å². The zero-order valence-electron chi connectivity index (χ0n) is 11.2. The fraction of sp³-hybridized carbons (Fsp3) is 0.625. The molecule has 1 aromatic rings. The van der Waals surface area contributed by atoms with Crippen molar-refractivity contribution in [3.63, 3.8) is 0 Å². The molecule has 98 valence electrons. The summed E-state index contributed by atoms with van der Waals surface area (Å²) in [7, 11) is 0. The fourth-order valence-corrected chi connectivity index (χ4v) is 2.70. The number of nitrogens with one attached hydrogen (secondary N) is 1. The van der Waals surface area contributed by atoms with Crippen molar-refractivity contribution in [3.8, 4) is 0 Å². The van der Waals surface area contributed by atoms with Crippen LogP contribution in [0.25, 0.3) is 0 Å². The molecule has 0 atom stereocenters. The predicted octanol–water partition coefficient (Wildman–Crippen LogP) is 3.32. The third-order valence-electron chi connectivity index (χ3n) is 4.08. The van der Waals surface area contributed by atoms with E-state index >= 15 is 0 Å². The summed E-state index contributed by atoms with van der Waals surface area (Å²) in [5.74, 6) is 0. The Bertz CT molecular complexity index is 359. The van der Waals surface area contributed by atoms with Gasteiger partial charge in [0.25, 0.3) is 0 Å². The van der Waals surface area contributed by atoms with Gasteiger partial charge in [-0.1, -0.05) is 25.0 Å². The fourth-order valence-electron chi connectivity index (χ4n) is 2.70. The maximum absolute atomic E-state index is 3.57. The van der Waals surface area contributed by atoms with Crippen molar-refractivity contribution in [3.05, 3.63) is 29.8 Å². The van der Waals surface area contributed by atoms with E-state index in [1.54, 1.807) is 0 Å². The highest BCUT2D eigenvalue weighted by Crippen LogP contribution is 2.21. The Morgan fingerprint density at radius 1 is 0.944 bits per heavy atom. The molecular formula is C16H24N2. The Kier molecular flexibility index (Phi) is 3.84. The number of benzene rings is 1. The molecule has 1 aromatic carbocycles. The Hall–Kier alpha value is -1.02. The molecule has 2 aliphatic rings. The maximum Gasteiger partial charge on any atom is 0.0366 e. The summed E-state index contributed by atoms with van der Waals surface area (Å²) in [4.78, 5) is 2.55. The van der Waals surface area contributed by atoms with Gasteiger partial charge in [-0.2, -0.15) is 0 Å². The first-order valence-corrected chi connectivity index (χ1v) is 7.49. The van der Waals surface area contributed by atoms with E-state index in [1.165, 1.54) is 62.9 Å². The standard InChI is InChI=1S/C16H24N2/c1-2-4-12-18(11-3-1)16-9-5-14(6-10-16)13-17-15-7-8-15/h5-6,9-10,15,17H,1-4,7-8,11-13H2. The smallest absolute Gasteiger partial charge is 0.0366 e. The molecular weight excluding hydrogens is 220 g/mol. The highest BCUT2D eigenvalue weighted by atomic mass is 15.1. The van der Waals surface area contributed by atoms with Gasteiger partial charge in [0.05, 0.1) is 0 Å². The van der Waals surface area contributed by atoms with Crippen LogP contribution < -0.4 is 10.2 Å². The number of anilines is 1. The third-order valence-corrected chi connectivity index (χ3v) is 4.08. The second-order valence-electron chi connectivity index (χ2n) is 5.72. The van der Waals surface area contributed by atoms with Gasteiger partial charge in [0.15, 0.2) is 0 Å². The van der Waals surface area contributed by atoms with Crippen molar-refractivity contribution in [2.45, 2.75) is 51.1 Å². The van der Waals surface area contributed by atoms with E-state index in [9.17, 15) is 0 Å². The van der Waals surface area contributed by atoms with Crippen molar-refractivity contribution >= 4 is 5.69 Å². The largest absolute Gasteiger partial charge is 0.372 e. The molecule has 2 fully saturated rings. The lowest BCUT2D eigenvalue weighted by Crippen LogP contribution is -2.23. The van der Waals surface area contributed by atoms with E-state index in [0.29, 0.717) is 0 Å². The molecule has 1 saturated heterocycles. The van der Waals surface area contributed by atoms with E-state index in [4.69, 9.17) is 0 Å². The average molecular weight is 244 g/mol. The number of nitrogens with zero attached hydrogens (tertiary/aromatic N) is 1. The normalized spacial score (nSPS) is 20.8. The van der Waals surface area contributed by atoms with E-state index in [1.807, 2.05) is 0 Å². The van der Waals surface area contributed by atoms with E-state index in [0.717, 1.165) is 12.6 Å². The van der Waals surface area contributed by atoms with Crippen LogP contribution in [-0.2, 0) is 6.54 Å². The summed E-state index contributed by atoms with van der Waals surface area (Å²) in [6, 6.07) is 9.98. The van der Waals surface area contributed by atoms with Gasteiger partial charge in [-0.05, 0) is 43.4 Å². The number of hydrogen-bond donors (Lipinski definition) is 1. The minimum Gasteiger partial charge on any atom is -0.372 e. The van der Waals surface area contributed by atoms with Crippen molar-refractivity contribution in [2.24, 2.45) is 0 Å². The second kappa shape index (κ2) is 5.75. The zero-order valence-corrected chi connectivity index (χ0v) is 11.2. The Morgan fingerprint density at radius 3 is 2.22 bits per heavy atom. The molecule has 1 aliphatic heterocycles. The van der Waals surface area contributed by atoms with E-state index in [2.05, 4.69) is 34.5 Å². The molecule has 0 unspecified atom stereocenters. The molecule has 1 aliphatic carbocycles. The highest BCUT2D eigenvalue weighted by molar-refractivity contribution is 5.47. The first-order chi connectivity index (χ1) is 8.92. The Balaban J connectivity index is 1.58. The van der Waals surface area contributed by atoms with Crippen LogP contribution in [-0.4, -0.2) is 19.1 Å². The van der Waals surface area contributed by atoms with Crippen LogP contribution in [0.4, 0.5) is 5.69 Å². The van der Waals surface area contributed by atoms with E-state index < -0.39 is 0 Å². The van der Waals surface area contributed by atoms with Crippen LogP contribution in [0.5, 0.6) is 0 Å². The number of hydrogen-bond acceptors (Lipinski definition) is 2.